The molecule has 1 fully saturated rings. The van der Waals surface area contributed by atoms with E-state index in [2.05, 4.69) is 10.9 Å². The first-order chi connectivity index (χ1) is 6.24. The van der Waals surface area contributed by atoms with E-state index in [0.29, 0.717) is 22.3 Å². The van der Waals surface area contributed by atoms with Crippen LogP contribution in [0.3, 0.4) is 0 Å². The summed E-state index contributed by atoms with van der Waals surface area (Å²) in [4.78, 5) is 4.01. The van der Waals surface area contributed by atoms with Crippen LogP contribution in [-0.2, 0) is 0 Å². The van der Waals surface area contributed by atoms with Gasteiger partial charge in [-0.1, -0.05) is 17.5 Å². The minimum Gasteiger partial charge on any atom is -0.397 e. The summed E-state index contributed by atoms with van der Waals surface area (Å²) in [5.41, 5.74) is 8.08. The number of nitrogens with two attached hydrogens (primary N) is 1. The van der Waals surface area contributed by atoms with Gasteiger partial charge in [-0.05, 0) is 18.8 Å². The van der Waals surface area contributed by atoms with Gasteiger partial charge in [0.1, 0.15) is 5.15 Å². The Labute approximate surface area is 82.1 Å². The van der Waals surface area contributed by atoms with Crippen LogP contribution in [0.15, 0.2) is 6.20 Å². The summed E-state index contributed by atoms with van der Waals surface area (Å²) in [6.07, 6.45) is 9.10. The van der Waals surface area contributed by atoms with Gasteiger partial charge in [0, 0.05) is 11.8 Å². The molecule has 1 aromatic rings. The van der Waals surface area contributed by atoms with Crippen LogP contribution < -0.4 is 5.73 Å². The van der Waals surface area contributed by atoms with Crippen molar-refractivity contribution in [2.45, 2.75) is 18.8 Å². The highest BCUT2D eigenvalue weighted by Crippen LogP contribution is 2.45. The average Bonchev–Trinajstić information content (AvgIpc) is 2.89. The number of anilines is 1. The first-order valence-electron chi connectivity index (χ1n) is 4.14. The molecule has 1 aromatic heterocycles. The molecule has 0 unspecified atom stereocenters. The average molecular weight is 193 g/mol. The maximum absolute atomic E-state index is 5.93. The SMILES string of the molecule is C#Cc1cnc(Cl)c(C2CC2)c1N. The standard InChI is InChI=1S/C10H9ClN2/c1-2-6-5-13-10(11)8(9(6)12)7-3-4-7/h1,5,7H,3-4H2,(H2,12,13). The zero-order chi connectivity index (χ0) is 9.42. The molecular formula is C10H9ClN2. The number of hydrogen-bond acceptors (Lipinski definition) is 2. The van der Waals surface area contributed by atoms with Gasteiger partial charge in [-0.3, -0.25) is 0 Å². The van der Waals surface area contributed by atoms with E-state index in [0.717, 1.165) is 18.4 Å². The van der Waals surface area contributed by atoms with E-state index in [1.54, 1.807) is 6.20 Å². The third kappa shape index (κ3) is 1.36. The lowest BCUT2D eigenvalue weighted by Crippen LogP contribution is -1.99. The third-order valence-electron chi connectivity index (χ3n) is 2.25. The fourth-order valence-corrected chi connectivity index (χ4v) is 1.70. The first kappa shape index (κ1) is 8.40. The molecule has 2 nitrogen and oxygen atoms in total. The molecule has 0 amide bonds. The minimum absolute atomic E-state index is 0.480. The maximum atomic E-state index is 5.93. The molecule has 1 aliphatic carbocycles. The topological polar surface area (TPSA) is 38.9 Å². The van der Waals surface area contributed by atoms with Crippen molar-refractivity contribution in [2.24, 2.45) is 0 Å². The van der Waals surface area contributed by atoms with Gasteiger partial charge in [-0.25, -0.2) is 4.98 Å². The molecule has 0 radical (unpaired) electrons. The van der Waals surface area contributed by atoms with Crippen molar-refractivity contribution in [1.82, 2.24) is 4.98 Å². The fourth-order valence-electron chi connectivity index (χ4n) is 1.39. The number of hydrogen-bond donors (Lipinski definition) is 1. The zero-order valence-electron chi connectivity index (χ0n) is 7.05. The van der Waals surface area contributed by atoms with Crippen molar-refractivity contribution in [1.29, 1.82) is 0 Å². The Morgan fingerprint density at radius 3 is 2.85 bits per heavy atom. The quantitative estimate of drug-likeness (QED) is 0.547. The molecule has 0 saturated heterocycles. The Balaban J connectivity index is 2.58. The molecule has 2 N–H and O–H groups in total. The highest BCUT2D eigenvalue weighted by molar-refractivity contribution is 6.30. The van der Waals surface area contributed by atoms with Crippen molar-refractivity contribution in [3.63, 3.8) is 0 Å². The predicted molar refractivity (Wildman–Crippen MR) is 53.6 cm³/mol. The van der Waals surface area contributed by atoms with E-state index < -0.39 is 0 Å². The lowest BCUT2D eigenvalue weighted by atomic mass is 10.1. The number of pyridine rings is 1. The van der Waals surface area contributed by atoms with Crippen molar-refractivity contribution >= 4 is 17.3 Å². The van der Waals surface area contributed by atoms with Crippen LogP contribution in [-0.4, -0.2) is 4.98 Å². The summed E-state index contributed by atoms with van der Waals surface area (Å²) in [6, 6.07) is 0. The van der Waals surface area contributed by atoms with Gasteiger partial charge in [-0.15, -0.1) is 6.42 Å². The van der Waals surface area contributed by atoms with E-state index in [9.17, 15) is 0 Å². The van der Waals surface area contributed by atoms with E-state index in [1.165, 1.54) is 0 Å². The van der Waals surface area contributed by atoms with Gasteiger partial charge in [0.15, 0.2) is 0 Å². The van der Waals surface area contributed by atoms with Crippen LogP contribution in [0.1, 0.15) is 29.9 Å². The van der Waals surface area contributed by atoms with Gasteiger partial charge < -0.3 is 5.73 Å². The summed E-state index contributed by atoms with van der Waals surface area (Å²) < 4.78 is 0. The normalized spacial score (nSPS) is 15.4. The van der Waals surface area contributed by atoms with Gasteiger partial charge in [-0.2, -0.15) is 0 Å². The Kier molecular flexibility index (Phi) is 1.90. The lowest BCUT2D eigenvalue weighted by Gasteiger charge is -2.07. The molecule has 2 rings (SSSR count). The van der Waals surface area contributed by atoms with Crippen LogP contribution in [0.4, 0.5) is 5.69 Å². The van der Waals surface area contributed by atoms with E-state index >= 15 is 0 Å². The fraction of sp³-hybridized carbons (Fsp3) is 0.300. The minimum atomic E-state index is 0.480. The van der Waals surface area contributed by atoms with Gasteiger partial charge in [0.25, 0.3) is 0 Å². The molecule has 3 heteroatoms. The Hall–Kier alpha value is -1.20. The Bertz CT molecular complexity index is 389. The van der Waals surface area contributed by atoms with Gasteiger partial charge >= 0.3 is 0 Å². The smallest absolute Gasteiger partial charge is 0.134 e. The number of nitrogen functional groups attached to an aromatic ring is 1. The predicted octanol–water partition coefficient (Wildman–Crippen LogP) is 2.18. The Morgan fingerprint density at radius 1 is 1.62 bits per heavy atom. The molecule has 1 aliphatic rings. The van der Waals surface area contributed by atoms with Crippen molar-refractivity contribution < 1.29 is 0 Å². The number of nitrogens with zero attached hydrogens (tertiary/aromatic N) is 1. The molecule has 0 atom stereocenters. The van der Waals surface area contributed by atoms with Crippen LogP contribution in [0.5, 0.6) is 0 Å². The highest BCUT2D eigenvalue weighted by Gasteiger charge is 2.29. The molecule has 0 aliphatic heterocycles. The second kappa shape index (κ2) is 2.93. The van der Waals surface area contributed by atoms with Crippen LogP contribution in [0.25, 0.3) is 0 Å². The highest BCUT2D eigenvalue weighted by atomic mass is 35.5. The maximum Gasteiger partial charge on any atom is 0.134 e. The number of terminal acetylenes is 1. The van der Waals surface area contributed by atoms with E-state index in [1.807, 2.05) is 0 Å². The number of aromatic nitrogens is 1. The summed E-state index contributed by atoms with van der Waals surface area (Å²) in [5, 5.41) is 0.499. The molecular weight excluding hydrogens is 184 g/mol. The Morgan fingerprint density at radius 2 is 2.31 bits per heavy atom. The molecule has 0 bridgehead atoms. The first-order valence-corrected chi connectivity index (χ1v) is 4.52. The van der Waals surface area contributed by atoms with Crippen LogP contribution in [0, 0.1) is 12.3 Å². The molecule has 0 spiro atoms. The molecule has 0 aromatic carbocycles. The molecule has 13 heavy (non-hydrogen) atoms. The third-order valence-corrected chi connectivity index (χ3v) is 2.55. The number of rotatable bonds is 1. The lowest BCUT2D eigenvalue weighted by molar-refractivity contribution is 1.09. The summed E-state index contributed by atoms with van der Waals surface area (Å²) in [6.45, 7) is 0. The summed E-state index contributed by atoms with van der Waals surface area (Å²) in [5.74, 6) is 2.98. The van der Waals surface area contributed by atoms with Gasteiger partial charge in [0.05, 0.1) is 11.3 Å². The van der Waals surface area contributed by atoms with Crippen molar-refractivity contribution in [3.8, 4) is 12.3 Å². The van der Waals surface area contributed by atoms with E-state index in [4.69, 9.17) is 23.8 Å². The second-order valence-electron chi connectivity index (χ2n) is 3.21. The monoisotopic (exact) mass is 192 g/mol. The van der Waals surface area contributed by atoms with E-state index in [-0.39, 0.29) is 0 Å². The number of halogens is 1. The summed E-state index contributed by atoms with van der Waals surface area (Å²) in [7, 11) is 0. The van der Waals surface area contributed by atoms with Crippen LogP contribution in [0.2, 0.25) is 5.15 Å². The zero-order valence-corrected chi connectivity index (χ0v) is 7.80. The van der Waals surface area contributed by atoms with Crippen LogP contribution >= 0.6 is 11.6 Å². The largest absolute Gasteiger partial charge is 0.397 e. The van der Waals surface area contributed by atoms with Gasteiger partial charge in [0.2, 0.25) is 0 Å². The van der Waals surface area contributed by atoms with Crippen molar-refractivity contribution in [2.75, 3.05) is 5.73 Å². The summed E-state index contributed by atoms with van der Waals surface area (Å²) >= 11 is 5.93. The second-order valence-corrected chi connectivity index (χ2v) is 3.57. The molecule has 1 saturated carbocycles. The molecule has 1 heterocycles. The molecule has 66 valence electrons. The van der Waals surface area contributed by atoms with Crippen molar-refractivity contribution in [3.05, 3.63) is 22.5 Å².